The molecule has 2 unspecified atom stereocenters. The van der Waals surface area contributed by atoms with Gasteiger partial charge in [0.15, 0.2) is 0 Å². The van der Waals surface area contributed by atoms with E-state index in [1.807, 2.05) is 23.1 Å². The fraction of sp³-hybridized carbons (Fsp3) is 0.519. The molecule has 8 nitrogen and oxygen atoms in total. The number of carbonyl (C=O) groups is 1. The number of fused-ring (bicyclic) bond motifs is 3. The van der Waals surface area contributed by atoms with E-state index in [1.165, 1.54) is 6.33 Å². The highest BCUT2D eigenvalue weighted by molar-refractivity contribution is 6.29. The van der Waals surface area contributed by atoms with Crippen LogP contribution in [-0.4, -0.2) is 57.3 Å². The van der Waals surface area contributed by atoms with Gasteiger partial charge in [-0.2, -0.15) is 0 Å². The van der Waals surface area contributed by atoms with Crippen molar-refractivity contribution >= 4 is 29.1 Å². The van der Waals surface area contributed by atoms with Crippen molar-refractivity contribution in [2.75, 3.05) is 23.3 Å². The minimum absolute atomic E-state index is 0.0484. The number of allylic oxidation sites excluding steroid dienone is 5. The van der Waals surface area contributed by atoms with Gasteiger partial charge in [-0.1, -0.05) is 43.2 Å². The Bertz CT molecular complexity index is 1130. The van der Waals surface area contributed by atoms with Crippen LogP contribution in [0.3, 0.4) is 0 Å². The molecule has 5 rings (SSSR count). The van der Waals surface area contributed by atoms with Crippen LogP contribution >= 0.6 is 11.6 Å². The standard InChI is InChI=1S/C27H35ClN6O2/c1-4-17-11-23(35)32-25-24(17)26(31-15-30-25)33-13-20-9-10-21(14-33)34(20)27(36)22(12-29-16(2)3)18-5-7-19(28)8-6-18/h4-5,7,13,15-17,21-23,29,35H,1,6,8-12,14H2,2-3H3,(H,30,31,32)/t17-,21?,22-,23?/m1/s1. The highest BCUT2D eigenvalue weighted by atomic mass is 35.5. The number of amides is 1. The number of carbonyl (C=O) groups excluding carboxylic acids is 1. The lowest BCUT2D eigenvalue weighted by Gasteiger charge is -2.39. The predicted octanol–water partition coefficient (Wildman–Crippen LogP) is 3.99. The van der Waals surface area contributed by atoms with Crippen LogP contribution in [0.4, 0.5) is 11.6 Å². The van der Waals surface area contributed by atoms with Crippen LogP contribution in [0.15, 0.2) is 53.6 Å². The summed E-state index contributed by atoms with van der Waals surface area (Å²) in [6, 6.07) is 0.377. The summed E-state index contributed by atoms with van der Waals surface area (Å²) in [5.74, 6) is 1.35. The van der Waals surface area contributed by atoms with Gasteiger partial charge in [-0.3, -0.25) is 4.79 Å². The van der Waals surface area contributed by atoms with Crippen molar-refractivity contribution in [2.45, 2.75) is 70.2 Å². The highest BCUT2D eigenvalue weighted by Crippen LogP contribution is 2.42. The number of nitrogens with one attached hydrogen (secondary N) is 2. The zero-order valence-corrected chi connectivity index (χ0v) is 21.7. The number of aromatic nitrogens is 2. The number of aliphatic hydroxyl groups excluding tert-OH is 1. The minimum atomic E-state index is -0.664. The van der Waals surface area contributed by atoms with Gasteiger partial charge in [0, 0.05) is 54.0 Å². The molecule has 2 bridgehead atoms. The summed E-state index contributed by atoms with van der Waals surface area (Å²) >= 11 is 6.21. The van der Waals surface area contributed by atoms with Crippen LogP contribution in [0.5, 0.6) is 0 Å². The van der Waals surface area contributed by atoms with E-state index in [2.05, 4.69) is 52.1 Å². The normalized spacial score (nSPS) is 26.0. The van der Waals surface area contributed by atoms with Crippen LogP contribution in [0.2, 0.25) is 0 Å². The van der Waals surface area contributed by atoms with Gasteiger partial charge in [-0.05, 0) is 31.8 Å². The second-order valence-corrected chi connectivity index (χ2v) is 10.8. The Labute approximate surface area is 217 Å². The van der Waals surface area contributed by atoms with Gasteiger partial charge >= 0.3 is 0 Å². The lowest BCUT2D eigenvalue weighted by molar-refractivity contribution is -0.133. The van der Waals surface area contributed by atoms with Crippen LogP contribution in [0, 0.1) is 5.92 Å². The van der Waals surface area contributed by atoms with Crippen molar-refractivity contribution in [1.82, 2.24) is 20.2 Å². The molecule has 1 aromatic heterocycles. The lowest BCUT2D eigenvalue weighted by atomic mass is 9.89. The van der Waals surface area contributed by atoms with Crippen molar-refractivity contribution in [2.24, 2.45) is 5.92 Å². The zero-order valence-electron chi connectivity index (χ0n) is 21.0. The average molecular weight is 511 g/mol. The Kier molecular flexibility index (Phi) is 7.19. The van der Waals surface area contributed by atoms with Crippen LogP contribution in [-0.2, 0) is 4.79 Å². The summed E-state index contributed by atoms with van der Waals surface area (Å²) in [5.41, 5.74) is 3.12. The predicted molar refractivity (Wildman–Crippen MR) is 142 cm³/mol. The third-order valence-corrected chi connectivity index (χ3v) is 7.85. The molecule has 9 heteroatoms. The molecule has 4 heterocycles. The first-order valence-electron chi connectivity index (χ1n) is 12.9. The SMILES string of the molecule is C=C[C@@H]1CC(O)Nc2ncnc(N3C=C4CCC(C3)N4C(=O)[C@H](CNC(C)C)C3=CC=C(Cl)CC3)c21. The zero-order chi connectivity index (χ0) is 25.4. The summed E-state index contributed by atoms with van der Waals surface area (Å²) in [5, 5.41) is 17.6. The molecule has 4 aliphatic rings. The van der Waals surface area contributed by atoms with Gasteiger partial charge in [0.05, 0.1) is 12.0 Å². The fourth-order valence-electron chi connectivity index (χ4n) is 5.70. The van der Waals surface area contributed by atoms with E-state index in [1.54, 1.807) is 0 Å². The van der Waals surface area contributed by atoms with Gasteiger partial charge in [-0.15, -0.1) is 6.58 Å². The van der Waals surface area contributed by atoms with E-state index >= 15 is 0 Å². The molecule has 192 valence electrons. The van der Waals surface area contributed by atoms with Gasteiger partial charge in [0.25, 0.3) is 0 Å². The minimum Gasteiger partial charge on any atom is -0.374 e. The first-order chi connectivity index (χ1) is 17.4. The van der Waals surface area contributed by atoms with Crippen molar-refractivity contribution in [3.63, 3.8) is 0 Å². The number of anilines is 2. The molecule has 0 saturated carbocycles. The molecular weight excluding hydrogens is 476 g/mol. The van der Waals surface area contributed by atoms with Crippen LogP contribution in [0.25, 0.3) is 0 Å². The molecule has 1 amide bonds. The Morgan fingerprint density at radius 2 is 2.17 bits per heavy atom. The molecule has 1 saturated heterocycles. The monoisotopic (exact) mass is 510 g/mol. The summed E-state index contributed by atoms with van der Waals surface area (Å²) in [4.78, 5) is 27.2. The lowest BCUT2D eigenvalue weighted by Crippen LogP contribution is -2.50. The second kappa shape index (κ2) is 10.4. The third kappa shape index (κ3) is 4.82. The van der Waals surface area contributed by atoms with E-state index in [4.69, 9.17) is 11.6 Å². The quantitative estimate of drug-likeness (QED) is 0.477. The van der Waals surface area contributed by atoms with E-state index < -0.39 is 6.23 Å². The summed E-state index contributed by atoms with van der Waals surface area (Å²) in [6.45, 7) is 9.46. The number of nitrogens with zero attached hydrogens (tertiary/aromatic N) is 4. The molecule has 36 heavy (non-hydrogen) atoms. The molecular formula is C27H35ClN6O2. The van der Waals surface area contributed by atoms with Crippen molar-refractivity contribution in [1.29, 1.82) is 0 Å². The first kappa shape index (κ1) is 25.0. The molecule has 3 aliphatic heterocycles. The molecule has 4 atom stereocenters. The Morgan fingerprint density at radius 1 is 1.33 bits per heavy atom. The van der Waals surface area contributed by atoms with E-state index in [-0.39, 0.29) is 23.8 Å². The van der Waals surface area contributed by atoms with Gasteiger partial charge in [0.2, 0.25) is 5.91 Å². The largest absolute Gasteiger partial charge is 0.374 e. The number of hydrogen-bond acceptors (Lipinski definition) is 7. The van der Waals surface area contributed by atoms with Crippen molar-refractivity contribution in [3.05, 3.63) is 59.2 Å². The number of halogens is 1. The van der Waals surface area contributed by atoms with Gasteiger partial charge in [0.1, 0.15) is 24.2 Å². The summed E-state index contributed by atoms with van der Waals surface area (Å²) in [6.07, 6.45) is 12.7. The van der Waals surface area contributed by atoms with Crippen LogP contribution in [0.1, 0.15) is 57.4 Å². The van der Waals surface area contributed by atoms with Crippen molar-refractivity contribution < 1.29 is 9.90 Å². The fourth-order valence-corrected chi connectivity index (χ4v) is 5.86. The molecule has 0 spiro atoms. The van der Waals surface area contributed by atoms with Crippen molar-refractivity contribution in [3.8, 4) is 0 Å². The second-order valence-electron chi connectivity index (χ2n) is 10.3. The van der Waals surface area contributed by atoms with E-state index in [0.717, 1.165) is 53.4 Å². The van der Waals surface area contributed by atoms with Gasteiger partial charge in [-0.25, -0.2) is 9.97 Å². The topological polar surface area (TPSA) is 93.6 Å². The Hall–Kier alpha value is -2.68. The number of rotatable bonds is 7. The first-order valence-corrected chi connectivity index (χ1v) is 13.2. The molecule has 1 fully saturated rings. The summed E-state index contributed by atoms with van der Waals surface area (Å²) < 4.78 is 0. The Balaban J connectivity index is 1.44. The van der Waals surface area contributed by atoms with E-state index in [9.17, 15) is 9.90 Å². The maximum absolute atomic E-state index is 14.0. The molecule has 3 N–H and O–H groups in total. The number of hydrogen-bond donors (Lipinski definition) is 3. The average Bonchev–Trinajstić information content (AvgIpc) is 3.12. The Morgan fingerprint density at radius 3 is 2.86 bits per heavy atom. The highest BCUT2D eigenvalue weighted by Gasteiger charge is 2.42. The summed E-state index contributed by atoms with van der Waals surface area (Å²) in [7, 11) is 0. The smallest absolute Gasteiger partial charge is 0.235 e. The molecule has 0 radical (unpaired) electrons. The molecule has 1 aromatic rings. The maximum Gasteiger partial charge on any atom is 0.235 e. The molecule has 0 aromatic carbocycles. The third-order valence-electron chi connectivity index (χ3n) is 7.54. The van der Waals surface area contributed by atoms with Crippen LogP contribution < -0.4 is 15.5 Å². The number of aliphatic hydroxyl groups is 1. The van der Waals surface area contributed by atoms with Gasteiger partial charge < -0.3 is 25.5 Å². The van der Waals surface area contributed by atoms with E-state index in [0.29, 0.717) is 31.4 Å². The molecule has 1 aliphatic carbocycles. The maximum atomic E-state index is 14.0.